The number of benzene rings is 1. The van der Waals surface area contributed by atoms with Crippen molar-refractivity contribution >= 4 is 21.6 Å². The first kappa shape index (κ1) is 17.4. The van der Waals surface area contributed by atoms with Crippen molar-refractivity contribution in [1.82, 2.24) is 4.72 Å². The van der Waals surface area contributed by atoms with E-state index in [9.17, 15) is 13.5 Å². The minimum absolute atomic E-state index is 0.176. The lowest BCUT2D eigenvalue weighted by Gasteiger charge is -2.25. The molecule has 0 aliphatic heterocycles. The predicted octanol–water partition coefficient (Wildman–Crippen LogP) is 2.72. The predicted molar refractivity (Wildman–Crippen MR) is 81.5 cm³/mol. The van der Waals surface area contributed by atoms with Gasteiger partial charge in [0.2, 0.25) is 10.0 Å². The minimum atomic E-state index is -3.60. The van der Waals surface area contributed by atoms with Crippen LogP contribution in [0.5, 0.6) is 0 Å². The Balaban J connectivity index is 2.75. The Kier molecular flexibility index (Phi) is 5.61. The lowest BCUT2D eigenvalue weighted by atomic mass is 9.87. The van der Waals surface area contributed by atoms with Gasteiger partial charge in [-0.2, -0.15) is 0 Å². The average Bonchev–Trinajstić information content (AvgIpc) is 2.30. The first-order valence-electron chi connectivity index (χ1n) is 6.48. The molecule has 0 radical (unpaired) electrons. The summed E-state index contributed by atoms with van der Waals surface area (Å²) in [5.74, 6) is 0. The molecule has 0 heterocycles. The molecule has 0 saturated heterocycles. The zero-order valence-corrected chi connectivity index (χ0v) is 13.8. The van der Waals surface area contributed by atoms with Crippen LogP contribution in [0.3, 0.4) is 0 Å². The highest BCUT2D eigenvalue weighted by atomic mass is 35.5. The fourth-order valence-electron chi connectivity index (χ4n) is 1.72. The van der Waals surface area contributed by atoms with Gasteiger partial charge in [-0.15, -0.1) is 0 Å². The molecule has 1 unspecified atom stereocenters. The van der Waals surface area contributed by atoms with Crippen LogP contribution in [-0.4, -0.2) is 26.2 Å². The first-order chi connectivity index (χ1) is 9.05. The first-order valence-corrected chi connectivity index (χ1v) is 8.34. The van der Waals surface area contributed by atoms with Crippen molar-refractivity contribution in [1.29, 1.82) is 0 Å². The Morgan fingerprint density at radius 3 is 2.50 bits per heavy atom. The van der Waals surface area contributed by atoms with Gasteiger partial charge in [0.05, 0.1) is 11.0 Å². The number of aliphatic hydroxyl groups excluding tert-OH is 1. The van der Waals surface area contributed by atoms with Crippen molar-refractivity contribution in [3.05, 3.63) is 28.8 Å². The molecule has 0 aromatic heterocycles. The van der Waals surface area contributed by atoms with Crippen LogP contribution in [0.15, 0.2) is 23.1 Å². The number of hydrogen-bond acceptors (Lipinski definition) is 3. The summed E-state index contributed by atoms with van der Waals surface area (Å²) < 4.78 is 26.9. The van der Waals surface area contributed by atoms with Crippen LogP contribution >= 0.6 is 11.6 Å². The molecule has 4 nitrogen and oxygen atoms in total. The van der Waals surface area contributed by atoms with E-state index in [2.05, 4.69) is 4.72 Å². The van der Waals surface area contributed by atoms with E-state index in [0.717, 1.165) is 0 Å². The molecule has 0 spiro atoms. The van der Waals surface area contributed by atoms with Crippen molar-refractivity contribution in [2.75, 3.05) is 6.54 Å². The second-order valence-corrected chi connectivity index (χ2v) is 8.07. The number of hydrogen-bond donors (Lipinski definition) is 2. The maximum Gasteiger partial charge on any atom is 0.240 e. The van der Waals surface area contributed by atoms with Gasteiger partial charge in [-0.25, -0.2) is 13.1 Å². The van der Waals surface area contributed by atoms with Crippen molar-refractivity contribution in [3.63, 3.8) is 0 Å². The van der Waals surface area contributed by atoms with Gasteiger partial charge in [0, 0.05) is 11.6 Å². The van der Waals surface area contributed by atoms with Gasteiger partial charge in [-0.3, -0.25) is 0 Å². The van der Waals surface area contributed by atoms with Crippen LogP contribution < -0.4 is 4.72 Å². The lowest BCUT2D eigenvalue weighted by Crippen LogP contribution is -2.32. The molecule has 0 aliphatic rings. The van der Waals surface area contributed by atoms with Crippen LogP contribution in [0.25, 0.3) is 0 Å². The summed E-state index contributed by atoms with van der Waals surface area (Å²) in [5, 5.41) is 10.3. The number of rotatable bonds is 5. The second kappa shape index (κ2) is 6.43. The topological polar surface area (TPSA) is 66.4 Å². The maximum absolute atomic E-state index is 12.2. The van der Waals surface area contributed by atoms with E-state index in [1.165, 1.54) is 6.07 Å². The van der Waals surface area contributed by atoms with Gasteiger partial charge in [0.15, 0.2) is 0 Å². The molecule has 1 atom stereocenters. The summed E-state index contributed by atoms with van der Waals surface area (Å²) in [5.41, 5.74) is 0.260. The molecule has 0 amide bonds. The van der Waals surface area contributed by atoms with Crippen LogP contribution in [0.1, 0.15) is 32.8 Å². The third-order valence-electron chi connectivity index (χ3n) is 3.22. The highest BCUT2D eigenvalue weighted by molar-refractivity contribution is 7.89. The highest BCUT2D eigenvalue weighted by Gasteiger charge is 2.23. The molecule has 6 heteroatoms. The molecule has 2 N–H and O–H groups in total. The molecule has 0 saturated carbocycles. The van der Waals surface area contributed by atoms with E-state index >= 15 is 0 Å². The Morgan fingerprint density at radius 1 is 1.35 bits per heavy atom. The molecule has 114 valence electrons. The van der Waals surface area contributed by atoms with Crippen LogP contribution in [0.2, 0.25) is 5.02 Å². The third-order valence-corrected chi connectivity index (χ3v) is 5.23. The van der Waals surface area contributed by atoms with Crippen LogP contribution in [-0.2, 0) is 10.0 Å². The van der Waals surface area contributed by atoms with Gasteiger partial charge < -0.3 is 5.11 Å². The Hall–Kier alpha value is -0.620. The van der Waals surface area contributed by atoms with Gasteiger partial charge in [0.1, 0.15) is 0 Å². The lowest BCUT2D eigenvalue weighted by molar-refractivity contribution is 0.0571. The summed E-state index contributed by atoms with van der Waals surface area (Å²) in [6.07, 6.45) is -0.201. The molecule has 0 bridgehead atoms. The van der Waals surface area contributed by atoms with E-state index in [4.69, 9.17) is 11.6 Å². The normalized spacial score (nSPS) is 14.3. The molecule has 1 aromatic rings. The van der Waals surface area contributed by atoms with E-state index in [1.807, 2.05) is 20.8 Å². The van der Waals surface area contributed by atoms with E-state index in [1.54, 1.807) is 19.1 Å². The fourth-order valence-corrected chi connectivity index (χ4v) is 3.26. The summed E-state index contributed by atoms with van der Waals surface area (Å²) in [7, 11) is -3.60. The number of nitrogens with one attached hydrogen (secondary N) is 1. The van der Waals surface area contributed by atoms with Crippen LogP contribution in [0.4, 0.5) is 0 Å². The summed E-state index contributed by atoms with van der Waals surface area (Å²) in [6, 6.07) is 4.77. The quantitative estimate of drug-likeness (QED) is 0.877. The Labute approximate surface area is 126 Å². The zero-order chi connectivity index (χ0) is 15.6. The molecule has 20 heavy (non-hydrogen) atoms. The molecule has 1 aromatic carbocycles. The highest BCUT2D eigenvalue weighted by Crippen LogP contribution is 2.23. The van der Waals surface area contributed by atoms with Crippen molar-refractivity contribution in [3.8, 4) is 0 Å². The van der Waals surface area contributed by atoms with Crippen molar-refractivity contribution in [2.45, 2.75) is 45.1 Å². The summed E-state index contributed by atoms with van der Waals surface area (Å²) in [4.78, 5) is 0.176. The van der Waals surface area contributed by atoms with Gasteiger partial charge in [0.25, 0.3) is 0 Å². The second-order valence-electron chi connectivity index (χ2n) is 5.93. The van der Waals surface area contributed by atoms with Crippen molar-refractivity contribution < 1.29 is 13.5 Å². The number of sulfonamides is 1. The zero-order valence-electron chi connectivity index (χ0n) is 12.3. The summed E-state index contributed by atoms with van der Waals surface area (Å²) in [6.45, 7) is 7.58. The summed E-state index contributed by atoms with van der Waals surface area (Å²) >= 11 is 5.93. The smallest absolute Gasteiger partial charge is 0.240 e. The Bertz CT molecular complexity index is 564. The SMILES string of the molecule is Cc1c(Cl)cccc1S(=O)(=O)NCCC(O)C(C)(C)C. The standard InChI is InChI=1S/C14H22ClNO3S/c1-10-11(15)6-5-7-12(10)20(18,19)16-9-8-13(17)14(2,3)4/h5-7,13,16-17H,8-9H2,1-4H3. The molecular weight excluding hydrogens is 298 g/mol. The number of aliphatic hydroxyl groups is 1. The van der Waals surface area contributed by atoms with Gasteiger partial charge >= 0.3 is 0 Å². The Morgan fingerprint density at radius 2 is 1.95 bits per heavy atom. The maximum atomic E-state index is 12.2. The minimum Gasteiger partial charge on any atom is -0.393 e. The average molecular weight is 320 g/mol. The van der Waals surface area contributed by atoms with E-state index in [-0.39, 0.29) is 16.9 Å². The number of halogens is 1. The van der Waals surface area contributed by atoms with Gasteiger partial charge in [-0.1, -0.05) is 38.4 Å². The van der Waals surface area contributed by atoms with E-state index < -0.39 is 16.1 Å². The largest absolute Gasteiger partial charge is 0.393 e. The molecule has 0 fully saturated rings. The molecule has 1 rings (SSSR count). The van der Waals surface area contributed by atoms with Crippen molar-refractivity contribution in [2.24, 2.45) is 5.41 Å². The van der Waals surface area contributed by atoms with Crippen LogP contribution in [0, 0.1) is 12.3 Å². The third kappa shape index (κ3) is 4.45. The van der Waals surface area contributed by atoms with E-state index in [0.29, 0.717) is 17.0 Å². The van der Waals surface area contributed by atoms with Gasteiger partial charge in [-0.05, 0) is 36.5 Å². The molecular formula is C14H22ClNO3S. The molecule has 0 aliphatic carbocycles. The monoisotopic (exact) mass is 319 g/mol. The fraction of sp³-hybridized carbons (Fsp3) is 0.571.